The van der Waals surface area contributed by atoms with E-state index in [-0.39, 0.29) is 37.2 Å². The van der Waals surface area contributed by atoms with Gasteiger partial charge in [0.05, 0.1) is 6.42 Å². The molecule has 1 fully saturated rings. The topological polar surface area (TPSA) is 84.9 Å². The maximum Gasteiger partial charge on any atom is 0.407 e. The SMILES string of the molecule is Cc1ccc(C(OC(=O)CC2(CC(=O)N(C)CCCCCNC(=O)OCC3c4ccccc4-c4ccccc43)CCCC2)(c2ccccc2)c2ccccc2Cl)cc1. The quantitative estimate of drug-likeness (QED) is 0.0611. The molecular weight excluding hydrogens is 744 g/mol. The molecule has 1 atom stereocenters. The van der Waals surface area contributed by atoms with Gasteiger partial charge in [-0.1, -0.05) is 151 Å². The monoisotopic (exact) mass is 796 g/mol. The smallest absolute Gasteiger partial charge is 0.407 e. The molecule has 1 unspecified atom stereocenters. The largest absolute Gasteiger partial charge is 0.449 e. The molecule has 0 aromatic heterocycles. The zero-order valence-corrected chi connectivity index (χ0v) is 34.3. The van der Waals surface area contributed by atoms with Crippen LogP contribution in [0, 0.1) is 12.3 Å². The zero-order chi connectivity index (χ0) is 40.5. The van der Waals surface area contributed by atoms with Crippen LogP contribution in [0.5, 0.6) is 0 Å². The number of alkyl carbamates (subject to hydrolysis) is 1. The van der Waals surface area contributed by atoms with Gasteiger partial charge in [-0.2, -0.15) is 0 Å². The van der Waals surface area contributed by atoms with Crippen molar-refractivity contribution in [1.29, 1.82) is 0 Å². The van der Waals surface area contributed by atoms with Gasteiger partial charge < -0.3 is 19.7 Å². The average Bonchev–Trinajstić information content (AvgIpc) is 3.83. The summed E-state index contributed by atoms with van der Waals surface area (Å²) in [7, 11) is 1.84. The first kappa shape index (κ1) is 40.8. The third-order valence-corrected chi connectivity index (χ3v) is 12.4. The Morgan fingerprint density at radius 2 is 1.34 bits per heavy atom. The van der Waals surface area contributed by atoms with Crippen LogP contribution in [0.2, 0.25) is 5.02 Å². The van der Waals surface area contributed by atoms with Gasteiger partial charge in [-0.15, -0.1) is 0 Å². The number of benzene rings is 5. The van der Waals surface area contributed by atoms with Gasteiger partial charge >= 0.3 is 12.1 Å². The van der Waals surface area contributed by atoms with Crippen molar-refractivity contribution in [3.8, 4) is 11.1 Å². The molecule has 7 nitrogen and oxygen atoms in total. The molecule has 7 rings (SSSR count). The van der Waals surface area contributed by atoms with Crippen LogP contribution in [0.15, 0.2) is 127 Å². The van der Waals surface area contributed by atoms with E-state index in [0.717, 1.165) is 61.6 Å². The third kappa shape index (κ3) is 9.00. The lowest BCUT2D eigenvalue weighted by Crippen LogP contribution is -2.38. The number of nitrogens with zero attached hydrogens (tertiary/aromatic N) is 1. The van der Waals surface area contributed by atoms with Crippen LogP contribution in [0.1, 0.15) is 97.1 Å². The first-order valence-electron chi connectivity index (χ1n) is 20.6. The molecule has 8 heteroatoms. The van der Waals surface area contributed by atoms with Crippen molar-refractivity contribution in [2.75, 3.05) is 26.7 Å². The van der Waals surface area contributed by atoms with Crippen LogP contribution in [-0.2, 0) is 24.7 Å². The van der Waals surface area contributed by atoms with Crippen LogP contribution in [-0.4, -0.2) is 49.6 Å². The first-order chi connectivity index (χ1) is 28.2. The number of hydrogen-bond acceptors (Lipinski definition) is 5. The average molecular weight is 797 g/mol. The third-order valence-electron chi connectivity index (χ3n) is 12.1. The molecule has 0 aliphatic heterocycles. The molecule has 58 heavy (non-hydrogen) atoms. The van der Waals surface area contributed by atoms with Gasteiger partial charge in [0.25, 0.3) is 0 Å². The van der Waals surface area contributed by atoms with Crippen molar-refractivity contribution < 1.29 is 23.9 Å². The molecule has 300 valence electrons. The highest BCUT2D eigenvalue weighted by molar-refractivity contribution is 6.31. The Bertz CT molecular complexity index is 2150. The van der Waals surface area contributed by atoms with E-state index < -0.39 is 17.1 Å². The van der Waals surface area contributed by atoms with E-state index in [4.69, 9.17) is 21.1 Å². The number of hydrogen-bond donors (Lipinski definition) is 1. The predicted octanol–water partition coefficient (Wildman–Crippen LogP) is 11.0. The molecular formula is C50H53ClN2O5. The predicted molar refractivity (Wildman–Crippen MR) is 230 cm³/mol. The van der Waals surface area contributed by atoms with Gasteiger partial charge in [-0.3, -0.25) is 9.59 Å². The maximum absolute atomic E-state index is 14.4. The normalized spacial score (nSPS) is 15.2. The minimum atomic E-state index is -1.29. The molecule has 2 aliphatic carbocycles. The second-order valence-corrected chi connectivity index (χ2v) is 16.5. The van der Waals surface area contributed by atoms with Crippen molar-refractivity contribution in [2.45, 2.75) is 76.2 Å². The summed E-state index contributed by atoms with van der Waals surface area (Å²) in [5, 5.41) is 3.40. The minimum Gasteiger partial charge on any atom is -0.449 e. The summed E-state index contributed by atoms with van der Waals surface area (Å²) in [6.45, 7) is 3.41. The molecule has 0 radical (unpaired) electrons. The zero-order valence-electron chi connectivity index (χ0n) is 33.6. The van der Waals surface area contributed by atoms with E-state index in [2.05, 4.69) is 29.6 Å². The summed E-state index contributed by atoms with van der Waals surface area (Å²) in [6.07, 6.45) is 5.95. The lowest BCUT2D eigenvalue weighted by Gasteiger charge is -2.37. The second kappa shape index (κ2) is 18.5. The summed E-state index contributed by atoms with van der Waals surface area (Å²) < 4.78 is 12.4. The number of ether oxygens (including phenoxy) is 2. The van der Waals surface area contributed by atoms with Gasteiger partial charge in [0, 0.05) is 54.2 Å². The second-order valence-electron chi connectivity index (χ2n) is 16.1. The fraction of sp³-hybridized carbons (Fsp3) is 0.340. The van der Waals surface area contributed by atoms with Crippen LogP contribution < -0.4 is 5.32 Å². The standard InChI is InChI=1S/C50H53ClN2O5/c1-36-25-27-38(28-26-36)50(37-17-5-3-6-18-37,44-23-11-12-24-45(44)51)58-47(55)34-49(29-13-14-30-49)33-46(54)53(2)32-16-4-15-31-52-48(56)57-35-43-41-21-9-7-19-39(41)40-20-8-10-22-42(40)43/h3,5-12,17-28,43H,4,13-16,29-35H2,1-2H3,(H,52,56). The number of nitrogens with one attached hydrogen (secondary N) is 1. The molecule has 0 spiro atoms. The first-order valence-corrected chi connectivity index (χ1v) is 21.0. The number of esters is 1. The minimum absolute atomic E-state index is 0.0233. The van der Waals surface area contributed by atoms with E-state index in [0.29, 0.717) is 23.7 Å². The fourth-order valence-electron chi connectivity index (χ4n) is 8.98. The van der Waals surface area contributed by atoms with Gasteiger partial charge in [-0.25, -0.2) is 4.79 Å². The van der Waals surface area contributed by atoms with E-state index in [1.54, 1.807) is 4.90 Å². The lowest BCUT2D eigenvalue weighted by molar-refractivity contribution is -0.157. The summed E-state index contributed by atoms with van der Waals surface area (Å²) in [6, 6.07) is 41.9. The van der Waals surface area contributed by atoms with Crippen molar-refractivity contribution in [3.63, 3.8) is 0 Å². The van der Waals surface area contributed by atoms with Crippen LogP contribution in [0.3, 0.4) is 0 Å². The Balaban J connectivity index is 0.915. The lowest BCUT2D eigenvalue weighted by atomic mass is 9.77. The number of amides is 2. The van der Waals surface area contributed by atoms with E-state index in [9.17, 15) is 14.4 Å². The van der Waals surface area contributed by atoms with E-state index in [1.807, 2.05) is 117 Å². The van der Waals surface area contributed by atoms with Gasteiger partial charge in [0.15, 0.2) is 5.60 Å². The molecule has 1 N–H and O–H groups in total. The van der Waals surface area contributed by atoms with Crippen molar-refractivity contribution in [1.82, 2.24) is 10.2 Å². The van der Waals surface area contributed by atoms with Crippen LogP contribution in [0.4, 0.5) is 4.79 Å². The Hall–Kier alpha value is -5.40. The van der Waals surface area contributed by atoms with E-state index >= 15 is 0 Å². The summed E-state index contributed by atoms with van der Waals surface area (Å²) in [4.78, 5) is 42.5. The highest BCUT2D eigenvalue weighted by Crippen LogP contribution is 2.48. The number of carbonyl (C=O) groups is 3. The molecule has 0 saturated heterocycles. The number of rotatable bonds is 16. The van der Waals surface area contributed by atoms with Crippen LogP contribution in [0.25, 0.3) is 11.1 Å². The number of halogens is 1. The molecule has 0 bridgehead atoms. The molecule has 0 heterocycles. The highest BCUT2D eigenvalue weighted by Gasteiger charge is 2.45. The molecule has 5 aromatic carbocycles. The van der Waals surface area contributed by atoms with Gasteiger partial charge in [0.1, 0.15) is 6.61 Å². The summed E-state index contributed by atoms with van der Waals surface area (Å²) >= 11 is 6.91. The fourth-order valence-corrected chi connectivity index (χ4v) is 9.25. The Morgan fingerprint density at radius 1 is 0.741 bits per heavy atom. The molecule has 5 aromatic rings. The van der Waals surface area contributed by atoms with Crippen molar-refractivity contribution in [2.24, 2.45) is 5.41 Å². The van der Waals surface area contributed by atoms with Crippen molar-refractivity contribution >= 4 is 29.6 Å². The molecule has 2 amide bonds. The summed E-state index contributed by atoms with van der Waals surface area (Å²) in [5.74, 6) is -0.300. The van der Waals surface area contributed by atoms with Gasteiger partial charge in [-0.05, 0) is 72.8 Å². The maximum atomic E-state index is 14.4. The number of carbonyl (C=O) groups excluding carboxylic acids is 3. The Kier molecular flexibility index (Phi) is 13.0. The number of unbranched alkanes of at least 4 members (excludes halogenated alkanes) is 2. The number of fused-ring (bicyclic) bond motifs is 3. The molecule has 2 aliphatic rings. The summed E-state index contributed by atoms with van der Waals surface area (Å²) in [5.41, 5.74) is 6.38. The highest BCUT2D eigenvalue weighted by atomic mass is 35.5. The van der Waals surface area contributed by atoms with Gasteiger partial charge in [0.2, 0.25) is 5.91 Å². The number of aryl methyl sites for hydroxylation is 1. The molecule has 1 saturated carbocycles. The Morgan fingerprint density at radius 3 is 2.02 bits per heavy atom. The van der Waals surface area contributed by atoms with Crippen LogP contribution >= 0.6 is 11.6 Å². The van der Waals surface area contributed by atoms with Crippen molar-refractivity contribution in [3.05, 3.63) is 166 Å². The van der Waals surface area contributed by atoms with E-state index in [1.165, 1.54) is 22.3 Å². The Labute approximate surface area is 347 Å².